The summed E-state index contributed by atoms with van der Waals surface area (Å²) in [6.45, 7) is 12.7. The van der Waals surface area contributed by atoms with Gasteiger partial charge in [0.1, 0.15) is 0 Å². The molecule has 36 heavy (non-hydrogen) atoms. The Bertz CT molecular complexity index is 932. The third-order valence-electron chi connectivity index (χ3n) is 13.5. The SMILES string of the molecule is CC1(C)C[C@H]2C3=CC[C@@H]4[C@@]5(C)CCC(O)[C@@](C)(CO)[C@@H]5CC[C@@]4(C)[C@]3(C)CC(O)[C@@]2(CO)C(O)C1O. The fraction of sp³-hybridized carbons (Fsp3) is 0.933. The van der Waals surface area contributed by atoms with Gasteiger partial charge >= 0.3 is 0 Å². The Balaban J connectivity index is 1.63. The van der Waals surface area contributed by atoms with Gasteiger partial charge < -0.3 is 30.6 Å². The van der Waals surface area contributed by atoms with Crippen LogP contribution in [0.1, 0.15) is 86.5 Å². The second kappa shape index (κ2) is 8.02. The van der Waals surface area contributed by atoms with Crippen molar-refractivity contribution >= 4 is 0 Å². The number of aliphatic hydroxyl groups is 6. The lowest BCUT2D eigenvalue weighted by Gasteiger charge is -2.72. The average Bonchev–Trinajstić information content (AvgIpc) is 2.81. The third kappa shape index (κ3) is 2.95. The van der Waals surface area contributed by atoms with Gasteiger partial charge in [0.2, 0.25) is 0 Å². The zero-order chi connectivity index (χ0) is 26.7. The molecule has 6 N–H and O–H groups in total. The lowest BCUT2D eigenvalue weighted by atomic mass is 9.33. The van der Waals surface area contributed by atoms with Crippen LogP contribution < -0.4 is 0 Å². The van der Waals surface area contributed by atoms with Gasteiger partial charge in [0.25, 0.3) is 0 Å². The summed E-state index contributed by atoms with van der Waals surface area (Å²) >= 11 is 0. The average molecular weight is 507 g/mol. The molecule has 4 saturated carbocycles. The smallest absolute Gasteiger partial charge is 0.0913 e. The van der Waals surface area contributed by atoms with Gasteiger partial charge in [-0.05, 0) is 84.4 Å². The van der Waals surface area contributed by atoms with E-state index < -0.39 is 40.7 Å². The van der Waals surface area contributed by atoms with Crippen molar-refractivity contribution in [3.63, 3.8) is 0 Å². The first-order chi connectivity index (χ1) is 16.6. The molecule has 4 fully saturated rings. The van der Waals surface area contributed by atoms with Crippen molar-refractivity contribution in [1.29, 1.82) is 0 Å². The van der Waals surface area contributed by atoms with E-state index in [2.05, 4.69) is 33.8 Å². The highest BCUT2D eigenvalue weighted by Gasteiger charge is 2.72. The van der Waals surface area contributed by atoms with E-state index in [0.29, 0.717) is 25.2 Å². The molecule has 6 nitrogen and oxygen atoms in total. The molecule has 4 unspecified atom stereocenters. The number of allylic oxidation sites excluding steroid dienone is 2. The maximum absolute atomic E-state index is 11.8. The predicted molar refractivity (Wildman–Crippen MR) is 138 cm³/mol. The van der Waals surface area contributed by atoms with Gasteiger partial charge in [-0.2, -0.15) is 0 Å². The van der Waals surface area contributed by atoms with Gasteiger partial charge in [-0.1, -0.05) is 53.2 Å². The van der Waals surface area contributed by atoms with Crippen LogP contribution in [0, 0.1) is 50.2 Å². The molecule has 0 aromatic rings. The fourth-order valence-corrected chi connectivity index (χ4v) is 10.9. The molecule has 0 bridgehead atoms. The molecular weight excluding hydrogens is 456 g/mol. The fourth-order valence-electron chi connectivity index (χ4n) is 10.9. The van der Waals surface area contributed by atoms with Crippen LogP contribution >= 0.6 is 0 Å². The van der Waals surface area contributed by atoms with Crippen LogP contribution in [-0.4, -0.2) is 68.3 Å². The van der Waals surface area contributed by atoms with Gasteiger partial charge in [-0.15, -0.1) is 0 Å². The molecule has 12 atom stereocenters. The maximum atomic E-state index is 11.8. The van der Waals surface area contributed by atoms with Crippen LogP contribution in [0.2, 0.25) is 0 Å². The molecule has 0 aliphatic heterocycles. The van der Waals surface area contributed by atoms with Gasteiger partial charge in [-0.25, -0.2) is 0 Å². The Hall–Kier alpha value is -0.500. The molecule has 0 saturated heterocycles. The van der Waals surface area contributed by atoms with Gasteiger partial charge in [0.15, 0.2) is 0 Å². The first-order valence-corrected chi connectivity index (χ1v) is 14.2. The van der Waals surface area contributed by atoms with Crippen molar-refractivity contribution < 1.29 is 30.6 Å². The van der Waals surface area contributed by atoms with Gasteiger partial charge in [0, 0.05) is 5.41 Å². The topological polar surface area (TPSA) is 121 Å². The molecular formula is C30H50O6. The number of fused-ring (bicyclic) bond motifs is 7. The van der Waals surface area contributed by atoms with Crippen molar-refractivity contribution in [1.82, 2.24) is 0 Å². The van der Waals surface area contributed by atoms with E-state index in [-0.39, 0.29) is 41.3 Å². The van der Waals surface area contributed by atoms with Crippen molar-refractivity contribution in [3.8, 4) is 0 Å². The molecule has 0 heterocycles. The minimum atomic E-state index is -1.19. The van der Waals surface area contributed by atoms with Crippen molar-refractivity contribution in [3.05, 3.63) is 11.6 Å². The molecule has 0 aromatic heterocycles. The number of aliphatic hydroxyl groups excluding tert-OH is 6. The summed E-state index contributed by atoms with van der Waals surface area (Å²) in [7, 11) is 0. The van der Waals surface area contributed by atoms with Gasteiger partial charge in [-0.3, -0.25) is 0 Å². The molecule has 0 spiro atoms. The summed E-state index contributed by atoms with van der Waals surface area (Å²) in [6, 6.07) is 0. The first kappa shape index (κ1) is 27.1. The third-order valence-corrected chi connectivity index (χ3v) is 13.5. The Kier molecular flexibility index (Phi) is 6.03. The quantitative estimate of drug-likeness (QED) is 0.320. The molecule has 206 valence electrons. The minimum absolute atomic E-state index is 0.00861. The predicted octanol–water partition coefficient (Wildman–Crippen LogP) is 3.03. The lowest BCUT2D eigenvalue weighted by molar-refractivity contribution is -0.259. The Morgan fingerprint density at radius 1 is 0.778 bits per heavy atom. The van der Waals surface area contributed by atoms with Crippen LogP contribution in [0.15, 0.2) is 11.6 Å². The summed E-state index contributed by atoms with van der Waals surface area (Å²) in [6.07, 6.45) is 4.21. The standard InChI is InChI=1S/C30H50O6/c1-25(2)13-18-17-7-8-20-26(3)11-10-21(33)27(4,15-31)19(26)9-12-28(20,5)29(17,6)14-22(34)30(18,16-32)24(36)23(25)35/h7,18-24,31-36H,8-16H2,1-6H3/t18-,19+,20+,21?,22?,23?,24?,26-,27-,28+,29+,30-/m0/s1. The summed E-state index contributed by atoms with van der Waals surface area (Å²) in [5.74, 6) is 0.367. The molecule has 0 aromatic carbocycles. The van der Waals surface area contributed by atoms with Crippen molar-refractivity contribution in [2.75, 3.05) is 13.2 Å². The van der Waals surface area contributed by atoms with Crippen molar-refractivity contribution in [2.24, 2.45) is 50.2 Å². The van der Waals surface area contributed by atoms with Crippen LogP contribution in [0.5, 0.6) is 0 Å². The van der Waals surface area contributed by atoms with E-state index in [0.717, 1.165) is 25.7 Å². The Morgan fingerprint density at radius 2 is 1.44 bits per heavy atom. The van der Waals surface area contributed by atoms with E-state index in [9.17, 15) is 30.6 Å². The lowest BCUT2D eigenvalue weighted by Crippen LogP contribution is -2.71. The number of hydrogen-bond donors (Lipinski definition) is 6. The van der Waals surface area contributed by atoms with E-state index in [1.54, 1.807) is 0 Å². The monoisotopic (exact) mass is 506 g/mol. The molecule has 5 aliphatic rings. The summed E-state index contributed by atoms with van der Waals surface area (Å²) in [5, 5.41) is 66.1. The van der Waals surface area contributed by atoms with Crippen LogP contribution in [0.4, 0.5) is 0 Å². The summed E-state index contributed by atoms with van der Waals surface area (Å²) < 4.78 is 0. The van der Waals surface area contributed by atoms with E-state index in [1.807, 2.05) is 13.8 Å². The normalized spacial score (nSPS) is 58.1. The molecule has 6 heteroatoms. The molecule has 5 aliphatic carbocycles. The van der Waals surface area contributed by atoms with E-state index in [1.165, 1.54) is 5.57 Å². The first-order valence-electron chi connectivity index (χ1n) is 14.2. The molecule has 0 amide bonds. The van der Waals surface area contributed by atoms with Crippen LogP contribution in [0.25, 0.3) is 0 Å². The highest BCUT2D eigenvalue weighted by Crippen LogP contribution is 2.75. The number of rotatable bonds is 2. The zero-order valence-electron chi connectivity index (χ0n) is 23.2. The van der Waals surface area contributed by atoms with Gasteiger partial charge in [0.05, 0.1) is 43.0 Å². The maximum Gasteiger partial charge on any atom is 0.0913 e. The summed E-state index contributed by atoms with van der Waals surface area (Å²) in [5.41, 5.74) is -1.40. The van der Waals surface area contributed by atoms with Crippen LogP contribution in [-0.2, 0) is 0 Å². The van der Waals surface area contributed by atoms with Crippen molar-refractivity contribution in [2.45, 2.75) is 111 Å². The second-order valence-electron chi connectivity index (χ2n) is 15.1. The largest absolute Gasteiger partial charge is 0.396 e. The molecule has 0 radical (unpaired) electrons. The minimum Gasteiger partial charge on any atom is -0.396 e. The highest BCUT2D eigenvalue weighted by molar-refractivity contribution is 5.36. The highest BCUT2D eigenvalue weighted by atomic mass is 16.3. The Labute approximate surface area is 216 Å². The molecule has 5 rings (SSSR count). The van der Waals surface area contributed by atoms with E-state index in [4.69, 9.17) is 0 Å². The van der Waals surface area contributed by atoms with E-state index >= 15 is 0 Å². The second-order valence-corrected chi connectivity index (χ2v) is 15.1. The zero-order valence-corrected chi connectivity index (χ0v) is 23.2. The Morgan fingerprint density at radius 3 is 2.06 bits per heavy atom. The van der Waals surface area contributed by atoms with Crippen LogP contribution in [0.3, 0.4) is 0 Å². The number of hydrogen-bond acceptors (Lipinski definition) is 6. The summed E-state index contributed by atoms with van der Waals surface area (Å²) in [4.78, 5) is 0.